The van der Waals surface area contributed by atoms with Gasteiger partial charge in [0.1, 0.15) is 5.82 Å². The van der Waals surface area contributed by atoms with Crippen LogP contribution in [-0.2, 0) is 11.2 Å². The summed E-state index contributed by atoms with van der Waals surface area (Å²) in [6, 6.07) is 10.9. The fourth-order valence-electron chi connectivity index (χ4n) is 3.92. The van der Waals surface area contributed by atoms with E-state index in [2.05, 4.69) is 22.0 Å². The minimum Gasteiger partial charge on any atom is -0.342 e. The Morgan fingerprint density at radius 1 is 1.14 bits per heavy atom. The molecule has 0 spiro atoms. The quantitative estimate of drug-likeness (QED) is 0.728. The lowest BCUT2D eigenvalue weighted by molar-refractivity contribution is -0.132. The molecule has 0 N–H and O–H groups in total. The van der Waals surface area contributed by atoms with Crippen LogP contribution in [0.3, 0.4) is 0 Å². The van der Waals surface area contributed by atoms with Crippen molar-refractivity contribution in [2.75, 3.05) is 32.7 Å². The maximum absolute atomic E-state index is 13.3. The van der Waals surface area contributed by atoms with Crippen LogP contribution in [0.15, 0.2) is 42.6 Å². The first kappa shape index (κ1) is 20.5. The van der Waals surface area contributed by atoms with Gasteiger partial charge in [0.15, 0.2) is 0 Å². The molecule has 1 saturated heterocycles. The molecule has 150 valence electrons. The van der Waals surface area contributed by atoms with Gasteiger partial charge in [-0.2, -0.15) is 0 Å². The highest BCUT2D eigenvalue weighted by molar-refractivity contribution is 5.78. The van der Waals surface area contributed by atoms with Crippen LogP contribution in [0, 0.1) is 5.82 Å². The number of aromatic nitrogens is 1. The van der Waals surface area contributed by atoms with Crippen LogP contribution >= 0.6 is 0 Å². The molecule has 28 heavy (non-hydrogen) atoms. The molecule has 0 saturated carbocycles. The highest BCUT2D eigenvalue weighted by Gasteiger charge is 2.23. The number of piperidine rings is 1. The van der Waals surface area contributed by atoms with E-state index in [1.807, 2.05) is 31.0 Å². The van der Waals surface area contributed by atoms with Crippen molar-refractivity contribution in [3.63, 3.8) is 0 Å². The lowest BCUT2D eigenvalue weighted by Crippen LogP contribution is -2.43. The van der Waals surface area contributed by atoms with Crippen molar-refractivity contribution in [3.8, 4) is 0 Å². The number of likely N-dealkylation sites (tertiary alicyclic amines) is 1. The number of amides is 1. The van der Waals surface area contributed by atoms with Crippen molar-refractivity contribution >= 4 is 5.91 Å². The topological polar surface area (TPSA) is 36.4 Å². The average Bonchev–Trinajstić information content (AvgIpc) is 2.70. The summed E-state index contributed by atoms with van der Waals surface area (Å²) in [5, 5.41) is 0. The number of pyridine rings is 1. The second kappa shape index (κ2) is 9.78. The second-order valence-corrected chi connectivity index (χ2v) is 7.51. The third kappa shape index (κ3) is 5.38. The molecule has 1 aromatic heterocycles. The van der Waals surface area contributed by atoms with Gasteiger partial charge in [-0.05, 0) is 75.5 Å². The van der Waals surface area contributed by atoms with E-state index in [1.54, 1.807) is 12.1 Å². The molecule has 0 atom stereocenters. The minimum absolute atomic E-state index is 0.201. The lowest BCUT2D eigenvalue weighted by Gasteiger charge is -2.32. The predicted octanol–water partition coefficient (Wildman–Crippen LogP) is 3.86. The van der Waals surface area contributed by atoms with Crippen molar-refractivity contribution in [3.05, 3.63) is 65.2 Å². The van der Waals surface area contributed by atoms with E-state index in [-0.39, 0.29) is 11.7 Å². The SMILES string of the molecule is CCN(CC)C(=O)CN1CCC(c2ccc(Cc3cccc(F)c3)cn2)CC1. The average molecular weight is 384 g/mol. The van der Waals surface area contributed by atoms with Gasteiger partial charge in [-0.1, -0.05) is 18.2 Å². The molecule has 2 heterocycles. The third-order valence-corrected chi connectivity index (χ3v) is 5.63. The lowest BCUT2D eigenvalue weighted by atomic mass is 9.92. The van der Waals surface area contributed by atoms with E-state index in [4.69, 9.17) is 0 Å². The van der Waals surface area contributed by atoms with E-state index in [1.165, 1.54) is 6.07 Å². The fourth-order valence-corrected chi connectivity index (χ4v) is 3.92. The van der Waals surface area contributed by atoms with Crippen molar-refractivity contribution < 1.29 is 9.18 Å². The number of benzene rings is 1. The number of likely N-dealkylation sites (N-methyl/N-ethyl adjacent to an activating group) is 1. The van der Waals surface area contributed by atoms with E-state index in [0.29, 0.717) is 18.9 Å². The summed E-state index contributed by atoms with van der Waals surface area (Å²) in [5.41, 5.74) is 3.18. The molecule has 3 rings (SSSR count). The molecule has 1 amide bonds. The van der Waals surface area contributed by atoms with Crippen molar-refractivity contribution in [1.29, 1.82) is 0 Å². The van der Waals surface area contributed by atoms with Crippen molar-refractivity contribution in [2.24, 2.45) is 0 Å². The number of carbonyl (C=O) groups is 1. The van der Waals surface area contributed by atoms with Gasteiger partial charge < -0.3 is 4.90 Å². The molecule has 1 fully saturated rings. The molecule has 2 aromatic rings. The Balaban J connectivity index is 1.51. The molecule has 0 radical (unpaired) electrons. The standard InChI is InChI=1S/C23H30FN3O/c1-3-27(4-2)23(28)17-26-12-10-20(11-13-26)22-9-8-19(16-25-22)14-18-6-5-7-21(24)15-18/h5-9,15-16,20H,3-4,10-14,17H2,1-2H3. The molecular weight excluding hydrogens is 353 g/mol. The summed E-state index contributed by atoms with van der Waals surface area (Å²) in [6.07, 6.45) is 4.66. The number of hydrogen-bond acceptors (Lipinski definition) is 3. The summed E-state index contributed by atoms with van der Waals surface area (Å²) in [4.78, 5) is 21.1. The largest absolute Gasteiger partial charge is 0.342 e. The Kier molecular flexibility index (Phi) is 7.15. The van der Waals surface area contributed by atoms with Gasteiger partial charge in [-0.25, -0.2) is 4.39 Å². The van der Waals surface area contributed by atoms with Gasteiger partial charge in [0.25, 0.3) is 0 Å². The first-order valence-electron chi connectivity index (χ1n) is 10.3. The van der Waals surface area contributed by atoms with Crippen LogP contribution in [0.2, 0.25) is 0 Å². The number of rotatable bonds is 7. The molecule has 4 nitrogen and oxygen atoms in total. The van der Waals surface area contributed by atoms with Gasteiger partial charge in [0.05, 0.1) is 6.54 Å². The van der Waals surface area contributed by atoms with E-state index in [0.717, 1.165) is 55.8 Å². The van der Waals surface area contributed by atoms with Gasteiger partial charge in [-0.15, -0.1) is 0 Å². The zero-order chi connectivity index (χ0) is 19.9. The Morgan fingerprint density at radius 2 is 1.89 bits per heavy atom. The number of carbonyl (C=O) groups excluding carboxylic acids is 1. The highest BCUT2D eigenvalue weighted by Crippen LogP contribution is 2.27. The molecule has 1 aliphatic rings. The zero-order valence-corrected chi connectivity index (χ0v) is 16.9. The minimum atomic E-state index is -0.201. The highest BCUT2D eigenvalue weighted by atomic mass is 19.1. The first-order chi connectivity index (χ1) is 13.6. The summed E-state index contributed by atoms with van der Waals surface area (Å²) in [7, 11) is 0. The van der Waals surface area contributed by atoms with Crippen LogP contribution in [-0.4, -0.2) is 53.4 Å². The molecule has 1 aromatic carbocycles. The van der Waals surface area contributed by atoms with Gasteiger partial charge in [-0.3, -0.25) is 14.7 Å². The second-order valence-electron chi connectivity index (χ2n) is 7.51. The summed E-state index contributed by atoms with van der Waals surface area (Å²) >= 11 is 0. The monoisotopic (exact) mass is 383 g/mol. The van der Waals surface area contributed by atoms with Crippen LogP contribution in [0.1, 0.15) is 49.4 Å². The molecular formula is C23H30FN3O. The van der Waals surface area contributed by atoms with Crippen LogP contribution in [0.5, 0.6) is 0 Å². The van der Waals surface area contributed by atoms with Gasteiger partial charge >= 0.3 is 0 Å². The summed E-state index contributed by atoms with van der Waals surface area (Å²) < 4.78 is 13.3. The summed E-state index contributed by atoms with van der Waals surface area (Å²) in [6.45, 7) is 7.99. The Morgan fingerprint density at radius 3 is 2.50 bits per heavy atom. The van der Waals surface area contributed by atoms with Crippen LogP contribution in [0.25, 0.3) is 0 Å². The molecule has 5 heteroatoms. The Hall–Kier alpha value is -2.27. The maximum Gasteiger partial charge on any atom is 0.236 e. The zero-order valence-electron chi connectivity index (χ0n) is 16.9. The molecule has 0 aliphatic carbocycles. The van der Waals surface area contributed by atoms with Crippen molar-refractivity contribution in [1.82, 2.24) is 14.8 Å². The van der Waals surface area contributed by atoms with Crippen molar-refractivity contribution in [2.45, 2.75) is 39.0 Å². The van der Waals surface area contributed by atoms with E-state index < -0.39 is 0 Å². The number of nitrogens with zero attached hydrogens (tertiary/aromatic N) is 3. The molecule has 0 unspecified atom stereocenters. The van der Waals surface area contributed by atoms with Crippen LogP contribution in [0.4, 0.5) is 4.39 Å². The van der Waals surface area contributed by atoms with Crippen LogP contribution < -0.4 is 0 Å². The first-order valence-corrected chi connectivity index (χ1v) is 10.3. The Labute approximate surface area is 167 Å². The fraction of sp³-hybridized carbons (Fsp3) is 0.478. The number of halogens is 1. The maximum atomic E-state index is 13.3. The van der Waals surface area contributed by atoms with E-state index >= 15 is 0 Å². The normalized spacial score (nSPS) is 15.5. The molecule has 1 aliphatic heterocycles. The Bertz CT molecular complexity index is 766. The van der Waals surface area contributed by atoms with Gasteiger partial charge in [0.2, 0.25) is 5.91 Å². The molecule has 0 bridgehead atoms. The predicted molar refractivity (Wildman–Crippen MR) is 110 cm³/mol. The number of hydrogen-bond donors (Lipinski definition) is 0. The van der Waals surface area contributed by atoms with Gasteiger partial charge in [0, 0.05) is 30.9 Å². The van der Waals surface area contributed by atoms with E-state index in [9.17, 15) is 9.18 Å². The third-order valence-electron chi connectivity index (χ3n) is 5.63. The smallest absolute Gasteiger partial charge is 0.236 e. The summed E-state index contributed by atoms with van der Waals surface area (Å²) in [5.74, 6) is 0.472.